The Bertz CT molecular complexity index is 920. The standard InChI is InChI=1S/C25H37N5O5/c1-24(2,3)35-23(34)30-11-4-8-25(30)9-12-29(22(25)33)19(13-16-5-6-16)21(32)28-18(15-26)14-17-7-10-27-20(17)31/h16-19H,4-14H2,1-3H3,(H,27,31)(H,28,32)/t17-,18-,19+,25+/m0/s1. The molecular weight excluding hydrogens is 450 g/mol. The summed E-state index contributed by atoms with van der Waals surface area (Å²) in [5.41, 5.74) is -1.64. The molecule has 4 aliphatic rings. The minimum Gasteiger partial charge on any atom is -0.444 e. The first kappa shape index (κ1) is 25.3. The van der Waals surface area contributed by atoms with Gasteiger partial charge in [-0.1, -0.05) is 12.8 Å². The first-order valence-corrected chi connectivity index (χ1v) is 12.8. The molecule has 10 nitrogen and oxygen atoms in total. The highest BCUT2D eigenvalue weighted by molar-refractivity contribution is 5.96. The lowest BCUT2D eigenvalue weighted by Crippen LogP contribution is -2.57. The van der Waals surface area contributed by atoms with E-state index in [2.05, 4.69) is 16.7 Å². The van der Waals surface area contributed by atoms with Gasteiger partial charge in [-0.05, 0) is 65.2 Å². The monoisotopic (exact) mass is 487 g/mol. The van der Waals surface area contributed by atoms with E-state index < -0.39 is 29.3 Å². The number of ether oxygens (including phenoxy) is 1. The van der Waals surface area contributed by atoms with Crippen molar-refractivity contribution in [2.75, 3.05) is 19.6 Å². The fourth-order valence-corrected chi connectivity index (χ4v) is 5.63. The molecule has 1 saturated carbocycles. The molecule has 0 aromatic carbocycles. The van der Waals surface area contributed by atoms with Gasteiger partial charge >= 0.3 is 6.09 Å². The van der Waals surface area contributed by atoms with Crippen molar-refractivity contribution in [3.63, 3.8) is 0 Å². The summed E-state index contributed by atoms with van der Waals surface area (Å²) in [5, 5.41) is 15.2. The van der Waals surface area contributed by atoms with Crippen molar-refractivity contribution in [3.05, 3.63) is 0 Å². The molecule has 0 aromatic heterocycles. The fraction of sp³-hybridized carbons (Fsp3) is 0.800. The molecule has 1 spiro atoms. The van der Waals surface area contributed by atoms with Gasteiger partial charge in [-0.25, -0.2) is 4.79 Å². The van der Waals surface area contributed by atoms with Gasteiger partial charge in [-0.2, -0.15) is 5.26 Å². The third kappa shape index (κ3) is 5.39. The molecule has 0 unspecified atom stereocenters. The van der Waals surface area contributed by atoms with Crippen molar-refractivity contribution in [1.82, 2.24) is 20.4 Å². The Morgan fingerprint density at radius 3 is 2.54 bits per heavy atom. The SMILES string of the molecule is CC(C)(C)OC(=O)N1CCC[C@]12CCN([C@H](CC1CC1)C(=O)N[C@H](C#N)C[C@@H]1CCNC1=O)C2=O. The molecule has 4 fully saturated rings. The lowest BCUT2D eigenvalue weighted by Gasteiger charge is -2.36. The van der Waals surface area contributed by atoms with Gasteiger partial charge in [0.25, 0.3) is 0 Å². The summed E-state index contributed by atoms with van der Waals surface area (Å²) in [7, 11) is 0. The van der Waals surface area contributed by atoms with Crippen LogP contribution in [-0.4, -0.2) is 76.5 Å². The van der Waals surface area contributed by atoms with Crippen molar-refractivity contribution < 1.29 is 23.9 Å². The Morgan fingerprint density at radius 2 is 1.94 bits per heavy atom. The number of hydrogen-bond acceptors (Lipinski definition) is 6. The molecule has 35 heavy (non-hydrogen) atoms. The minimum absolute atomic E-state index is 0.0887. The van der Waals surface area contributed by atoms with Gasteiger partial charge < -0.3 is 20.3 Å². The smallest absolute Gasteiger partial charge is 0.411 e. The molecule has 3 saturated heterocycles. The molecule has 10 heteroatoms. The van der Waals surface area contributed by atoms with Gasteiger partial charge in [0.15, 0.2) is 0 Å². The highest BCUT2D eigenvalue weighted by atomic mass is 16.6. The number of amides is 4. The second-order valence-electron chi connectivity index (χ2n) is 11.4. The van der Waals surface area contributed by atoms with E-state index in [-0.39, 0.29) is 30.1 Å². The van der Waals surface area contributed by atoms with Crippen LogP contribution in [0.25, 0.3) is 0 Å². The lowest BCUT2D eigenvalue weighted by molar-refractivity contribution is -0.143. The summed E-state index contributed by atoms with van der Waals surface area (Å²) in [4.78, 5) is 55.3. The Morgan fingerprint density at radius 1 is 1.20 bits per heavy atom. The summed E-state index contributed by atoms with van der Waals surface area (Å²) in [6.07, 6.45) is 4.71. The summed E-state index contributed by atoms with van der Waals surface area (Å²) in [5.74, 6) is -0.560. The Balaban J connectivity index is 1.48. The zero-order valence-electron chi connectivity index (χ0n) is 21.0. The minimum atomic E-state index is -0.971. The molecule has 4 rings (SSSR count). The van der Waals surface area contributed by atoms with Crippen LogP contribution in [0.2, 0.25) is 0 Å². The van der Waals surface area contributed by atoms with Crippen LogP contribution in [0.4, 0.5) is 4.79 Å². The molecule has 4 atom stereocenters. The summed E-state index contributed by atoms with van der Waals surface area (Å²) in [6, 6.07) is 0.626. The van der Waals surface area contributed by atoms with E-state index in [1.807, 2.05) is 0 Å². The molecule has 0 bridgehead atoms. The lowest BCUT2D eigenvalue weighted by atomic mass is 9.94. The van der Waals surface area contributed by atoms with Gasteiger partial charge in [-0.15, -0.1) is 0 Å². The Hall–Kier alpha value is -2.83. The summed E-state index contributed by atoms with van der Waals surface area (Å²) >= 11 is 0. The second kappa shape index (κ2) is 9.67. The zero-order chi connectivity index (χ0) is 25.4. The van der Waals surface area contributed by atoms with Gasteiger partial charge in [0.1, 0.15) is 23.2 Å². The first-order valence-electron chi connectivity index (χ1n) is 12.8. The molecule has 4 amide bonds. The molecule has 3 aliphatic heterocycles. The molecule has 2 N–H and O–H groups in total. The quantitative estimate of drug-likeness (QED) is 0.562. The number of nitriles is 1. The second-order valence-corrected chi connectivity index (χ2v) is 11.4. The van der Waals surface area contributed by atoms with Gasteiger partial charge in [-0.3, -0.25) is 19.3 Å². The van der Waals surface area contributed by atoms with E-state index in [0.29, 0.717) is 57.7 Å². The summed E-state index contributed by atoms with van der Waals surface area (Å²) in [6.45, 7) is 6.81. The fourth-order valence-electron chi connectivity index (χ4n) is 5.63. The first-order chi connectivity index (χ1) is 16.5. The van der Waals surface area contributed by atoms with Crippen LogP contribution in [0.5, 0.6) is 0 Å². The zero-order valence-corrected chi connectivity index (χ0v) is 21.0. The van der Waals surface area contributed by atoms with Crippen molar-refractivity contribution in [2.45, 2.75) is 95.4 Å². The van der Waals surface area contributed by atoms with Crippen molar-refractivity contribution in [2.24, 2.45) is 11.8 Å². The maximum atomic E-state index is 13.8. The molecule has 1 aliphatic carbocycles. The van der Waals surface area contributed by atoms with Crippen LogP contribution in [0.1, 0.15) is 72.1 Å². The predicted octanol–water partition coefficient (Wildman–Crippen LogP) is 1.69. The van der Waals surface area contributed by atoms with E-state index in [9.17, 15) is 24.4 Å². The highest BCUT2D eigenvalue weighted by Gasteiger charge is 2.58. The largest absolute Gasteiger partial charge is 0.444 e. The molecule has 192 valence electrons. The van der Waals surface area contributed by atoms with Crippen LogP contribution in [0, 0.1) is 23.2 Å². The van der Waals surface area contributed by atoms with Crippen molar-refractivity contribution in [1.29, 1.82) is 5.26 Å². The molecule has 0 aromatic rings. The van der Waals surface area contributed by atoms with Crippen LogP contribution in [-0.2, 0) is 19.1 Å². The number of carbonyl (C=O) groups excluding carboxylic acids is 4. The Kier molecular flexibility index (Phi) is 6.98. The third-order valence-corrected chi connectivity index (χ3v) is 7.62. The number of likely N-dealkylation sites (tertiary alicyclic amines) is 2. The molecule has 0 radical (unpaired) electrons. The van der Waals surface area contributed by atoms with Crippen LogP contribution in [0.3, 0.4) is 0 Å². The van der Waals surface area contributed by atoms with E-state index >= 15 is 0 Å². The van der Waals surface area contributed by atoms with Crippen LogP contribution < -0.4 is 10.6 Å². The van der Waals surface area contributed by atoms with E-state index in [0.717, 1.165) is 12.8 Å². The van der Waals surface area contributed by atoms with Crippen LogP contribution >= 0.6 is 0 Å². The maximum absolute atomic E-state index is 13.8. The maximum Gasteiger partial charge on any atom is 0.411 e. The van der Waals surface area contributed by atoms with Gasteiger partial charge in [0, 0.05) is 25.6 Å². The van der Waals surface area contributed by atoms with E-state index in [4.69, 9.17) is 4.74 Å². The number of nitrogens with zero attached hydrogens (tertiary/aromatic N) is 3. The normalized spacial score (nSPS) is 28.1. The number of rotatable bonds is 7. The summed E-state index contributed by atoms with van der Waals surface area (Å²) < 4.78 is 5.58. The van der Waals surface area contributed by atoms with Gasteiger partial charge in [0.05, 0.1) is 6.07 Å². The number of nitrogens with one attached hydrogen (secondary N) is 2. The van der Waals surface area contributed by atoms with E-state index in [1.165, 1.54) is 0 Å². The average molecular weight is 488 g/mol. The Labute approximate surface area is 206 Å². The highest BCUT2D eigenvalue weighted by Crippen LogP contribution is 2.42. The average Bonchev–Trinajstić information content (AvgIpc) is 3.21. The van der Waals surface area contributed by atoms with Crippen molar-refractivity contribution >= 4 is 23.8 Å². The predicted molar refractivity (Wildman–Crippen MR) is 126 cm³/mol. The van der Waals surface area contributed by atoms with E-state index in [1.54, 1.807) is 30.6 Å². The number of carbonyl (C=O) groups is 4. The topological polar surface area (TPSA) is 132 Å². The van der Waals surface area contributed by atoms with Crippen molar-refractivity contribution in [3.8, 4) is 6.07 Å². The van der Waals surface area contributed by atoms with Crippen LogP contribution in [0.15, 0.2) is 0 Å². The molecular formula is C25H37N5O5. The molecule has 3 heterocycles. The number of hydrogen-bond donors (Lipinski definition) is 2. The third-order valence-electron chi connectivity index (χ3n) is 7.62. The van der Waals surface area contributed by atoms with Gasteiger partial charge in [0.2, 0.25) is 17.7 Å².